The quantitative estimate of drug-likeness (QED) is 0.170. The Bertz CT molecular complexity index is 1700. The molecule has 0 aliphatic carbocycles. The summed E-state index contributed by atoms with van der Waals surface area (Å²) < 4.78 is 6.04. The second kappa shape index (κ2) is 13.0. The molecule has 0 saturated carbocycles. The Kier molecular flexibility index (Phi) is 8.55. The molecule has 0 amide bonds. The SMILES string of the molecule is Cc1sc(-c2ccnc(Nc3cccc(OCCCN4CCCC4)c3)n2)c(-c2cccc(-c3ccccc3)c2)c1C#N. The molecule has 0 bridgehead atoms. The first-order valence-electron chi connectivity index (χ1n) is 14.4. The molecule has 1 aliphatic heterocycles. The molecule has 42 heavy (non-hydrogen) atoms. The van der Waals surface area contributed by atoms with Crippen LogP contribution in [-0.4, -0.2) is 41.1 Å². The van der Waals surface area contributed by atoms with E-state index < -0.39 is 0 Å². The Morgan fingerprint density at radius 1 is 0.929 bits per heavy atom. The van der Waals surface area contributed by atoms with Crippen molar-refractivity contribution >= 4 is 23.0 Å². The van der Waals surface area contributed by atoms with Crippen molar-refractivity contribution in [1.82, 2.24) is 14.9 Å². The van der Waals surface area contributed by atoms with Gasteiger partial charge in [0.05, 0.1) is 22.7 Å². The summed E-state index contributed by atoms with van der Waals surface area (Å²) in [7, 11) is 0. The lowest BCUT2D eigenvalue weighted by Gasteiger charge is -2.14. The number of likely N-dealkylation sites (tertiary alicyclic amines) is 1. The van der Waals surface area contributed by atoms with Crippen molar-refractivity contribution in [2.24, 2.45) is 0 Å². The van der Waals surface area contributed by atoms with Crippen molar-refractivity contribution in [3.63, 3.8) is 0 Å². The van der Waals surface area contributed by atoms with Gasteiger partial charge in [-0.25, -0.2) is 9.97 Å². The van der Waals surface area contributed by atoms with E-state index in [1.807, 2.05) is 61.5 Å². The average molecular weight is 572 g/mol. The van der Waals surface area contributed by atoms with Crippen LogP contribution in [0.2, 0.25) is 0 Å². The number of thiophene rings is 1. The second-order valence-electron chi connectivity index (χ2n) is 10.5. The number of aryl methyl sites for hydroxylation is 1. The molecule has 3 heterocycles. The molecular weight excluding hydrogens is 538 g/mol. The Hall–Kier alpha value is -4.51. The lowest BCUT2D eigenvalue weighted by molar-refractivity contribution is 0.263. The fourth-order valence-electron chi connectivity index (χ4n) is 5.44. The lowest BCUT2D eigenvalue weighted by Crippen LogP contribution is -2.21. The minimum absolute atomic E-state index is 0.493. The third-order valence-corrected chi connectivity index (χ3v) is 8.65. The van der Waals surface area contributed by atoms with Gasteiger partial charge in [-0.05, 0) is 80.2 Å². The normalized spacial score (nSPS) is 13.1. The molecule has 0 atom stereocenters. The highest BCUT2D eigenvalue weighted by atomic mass is 32.1. The van der Waals surface area contributed by atoms with Crippen LogP contribution >= 0.6 is 11.3 Å². The Balaban J connectivity index is 1.23. The van der Waals surface area contributed by atoms with Gasteiger partial charge in [0, 0.05) is 34.9 Å². The molecular formula is C35H33N5OS. The lowest BCUT2D eigenvalue weighted by atomic mass is 9.96. The zero-order valence-corrected chi connectivity index (χ0v) is 24.5. The molecule has 6 nitrogen and oxygen atoms in total. The summed E-state index contributed by atoms with van der Waals surface area (Å²) in [6.45, 7) is 6.20. The van der Waals surface area contributed by atoms with Crippen molar-refractivity contribution in [1.29, 1.82) is 5.26 Å². The van der Waals surface area contributed by atoms with Gasteiger partial charge in [0.2, 0.25) is 5.95 Å². The van der Waals surface area contributed by atoms with E-state index in [-0.39, 0.29) is 0 Å². The third-order valence-electron chi connectivity index (χ3n) is 7.52. The monoisotopic (exact) mass is 571 g/mol. The second-order valence-corrected chi connectivity index (χ2v) is 11.7. The Morgan fingerprint density at radius 3 is 2.55 bits per heavy atom. The number of nitrogens with one attached hydrogen (secondary N) is 1. The molecule has 1 fully saturated rings. The topological polar surface area (TPSA) is 74.1 Å². The number of nitrogens with zero attached hydrogens (tertiary/aromatic N) is 4. The van der Waals surface area contributed by atoms with Crippen molar-refractivity contribution in [3.8, 4) is 44.6 Å². The minimum Gasteiger partial charge on any atom is -0.493 e. The van der Waals surface area contributed by atoms with E-state index in [1.54, 1.807) is 17.5 Å². The maximum absolute atomic E-state index is 10.1. The number of hydrogen-bond donors (Lipinski definition) is 1. The van der Waals surface area contributed by atoms with Crippen LogP contribution in [0.15, 0.2) is 91.1 Å². The van der Waals surface area contributed by atoms with Crippen molar-refractivity contribution in [2.75, 3.05) is 31.6 Å². The van der Waals surface area contributed by atoms with Crippen LogP contribution in [0.25, 0.3) is 32.8 Å². The molecule has 0 spiro atoms. The van der Waals surface area contributed by atoms with Crippen LogP contribution in [0.5, 0.6) is 5.75 Å². The van der Waals surface area contributed by atoms with Gasteiger partial charge < -0.3 is 15.0 Å². The molecule has 7 heteroatoms. The summed E-state index contributed by atoms with van der Waals surface area (Å²) in [4.78, 5) is 13.8. The van der Waals surface area contributed by atoms with Gasteiger partial charge in [-0.3, -0.25) is 0 Å². The summed E-state index contributed by atoms with van der Waals surface area (Å²) in [6.07, 6.45) is 5.40. The molecule has 1 N–H and O–H groups in total. The molecule has 3 aromatic carbocycles. The van der Waals surface area contributed by atoms with Gasteiger partial charge in [-0.2, -0.15) is 5.26 Å². The first kappa shape index (κ1) is 27.6. The van der Waals surface area contributed by atoms with Crippen LogP contribution in [0.4, 0.5) is 11.6 Å². The predicted octanol–water partition coefficient (Wildman–Crippen LogP) is 8.33. The Labute approximate surface area is 251 Å². The van der Waals surface area contributed by atoms with Gasteiger partial charge in [0.1, 0.15) is 11.8 Å². The average Bonchev–Trinajstić information content (AvgIpc) is 3.67. The number of ether oxygens (including phenoxy) is 1. The molecule has 5 aromatic rings. The molecule has 2 aromatic heterocycles. The summed E-state index contributed by atoms with van der Waals surface area (Å²) >= 11 is 1.59. The fourth-order valence-corrected chi connectivity index (χ4v) is 6.54. The van der Waals surface area contributed by atoms with Crippen LogP contribution in [-0.2, 0) is 0 Å². The van der Waals surface area contributed by atoms with Gasteiger partial charge in [-0.1, -0.05) is 54.6 Å². The Morgan fingerprint density at radius 2 is 1.71 bits per heavy atom. The van der Waals surface area contributed by atoms with Crippen LogP contribution < -0.4 is 10.1 Å². The zero-order chi connectivity index (χ0) is 28.7. The van der Waals surface area contributed by atoms with Gasteiger partial charge >= 0.3 is 0 Å². The predicted molar refractivity (Wildman–Crippen MR) is 171 cm³/mol. The van der Waals surface area contributed by atoms with E-state index >= 15 is 0 Å². The van der Waals surface area contributed by atoms with Crippen LogP contribution in [0.3, 0.4) is 0 Å². The van der Waals surface area contributed by atoms with Gasteiger partial charge in [0.25, 0.3) is 0 Å². The smallest absolute Gasteiger partial charge is 0.227 e. The number of nitriles is 1. The van der Waals surface area contributed by atoms with E-state index in [4.69, 9.17) is 9.72 Å². The maximum atomic E-state index is 10.1. The van der Waals surface area contributed by atoms with Crippen LogP contribution in [0.1, 0.15) is 29.7 Å². The number of hydrogen-bond acceptors (Lipinski definition) is 7. The minimum atomic E-state index is 0.493. The van der Waals surface area contributed by atoms with E-state index in [1.165, 1.54) is 25.9 Å². The third kappa shape index (κ3) is 6.36. The highest BCUT2D eigenvalue weighted by Gasteiger charge is 2.20. The van der Waals surface area contributed by atoms with Gasteiger partial charge in [-0.15, -0.1) is 11.3 Å². The molecule has 6 rings (SSSR count). The number of rotatable bonds is 10. The van der Waals surface area contributed by atoms with Crippen LogP contribution in [0, 0.1) is 18.3 Å². The van der Waals surface area contributed by atoms with Crippen molar-refractivity contribution < 1.29 is 4.74 Å². The summed E-state index contributed by atoms with van der Waals surface area (Å²) in [6, 6.07) is 30.9. The number of anilines is 2. The summed E-state index contributed by atoms with van der Waals surface area (Å²) in [5.41, 5.74) is 6.47. The standard InChI is InChI=1S/C35H33N5OS/c1-25-31(24-36)33(28-13-7-12-27(22-28)26-10-3-2-4-11-26)34(42-25)32-16-17-37-35(39-32)38-29-14-8-15-30(23-29)41-21-9-20-40-18-5-6-19-40/h2-4,7-8,10-17,22-23H,5-6,9,18-21H2,1H3,(H,37,38,39). The van der Waals surface area contributed by atoms with E-state index in [9.17, 15) is 5.26 Å². The van der Waals surface area contributed by atoms with Crippen molar-refractivity contribution in [2.45, 2.75) is 26.2 Å². The zero-order valence-electron chi connectivity index (χ0n) is 23.7. The molecule has 0 unspecified atom stereocenters. The first-order chi connectivity index (χ1) is 20.7. The molecule has 1 saturated heterocycles. The maximum Gasteiger partial charge on any atom is 0.227 e. The fraction of sp³-hybridized carbons (Fsp3) is 0.229. The molecule has 210 valence electrons. The molecule has 0 radical (unpaired) electrons. The number of aromatic nitrogens is 2. The number of benzene rings is 3. The summed E-state index contributed by atoms with van der Waals surface area (Å²) in [5, 5.41) is 13.5. The van der Waals surface area contributed by atoms with Crippen molar-refractivity contribution in [3.05, 3.63) is 102 Å². The van der Waals surface area contributed by atoms with Gasteiger partial charge in [0.15, 0.2) is 0 Å². The van der Waals surface area contributed by atoms with E-state index in [0.29, 0.717) is 18.1 Å². The molecule has 1 aliphatic rings. The van der Waals surface area contributed by atoms with E-state index in [2.05, 4.69) is 51.6 Å². The first-order valence-corrected chi connectivity index (χ1v) is 15.2. The highest BCUT2D eigenvalue weighted by molar-refractivity contribution is 7.16. The summed E-state index contributed by atoms with van der Waals surface area (Å²) in [5.74, 6) is 1.32. The highest BCUT2D eigenvalue weighted by Crippen LogP contribution is 2.43. The van der Waals surface area contributed by atoms with E-state index in [0.717, 1.165) is 62.1 Å². The largest absolute Gasteiger partial charge is 0.493 e.